The molecule has 1 rings (SSSR count). The van der Waals surface area contributed by atoms with Crippen molar-refractivity contribution >= 4 is 15.9 Å². The molecule has 17 heavy (non-hydrogen) atoms. The van der Waals surface area contributed by atoms with Gasteiger partial charge in [0.25, 0.3) is 0 Å². The molecule has 0 aliphatic carbocycles. The molecule has 1 unspecified atom stereocenters. The highest BCUT2D eigenvalue weighted by Gasteiger charge is 2.10. The number of halogens is 1. The van der Waals surface area contributed by atoms with Gasteiger partial charge in [0.2, 0.25) is 0 Å². The van der Waals surface area contributed by atoms with Crippen molar-refractivity contribution in [2.24, 2.45) is 0 Å². The Bertz CT molecular complexity index is 300. The monoisotopic (exact) mass is 302 g/mol. The Hall–Kier alpha value is -0.580. The Morgan fingerprint density at radius 2 is 1.82 bits per heavy atom. The molecule has 0 saturated carbocycles. The topological polar surface area (TPSA) is 27.7 Å². The first-order valence-electron chi connectivity index (χ1n) is 5.62. The van der Waals surface area contributed by atoms with Gasteiger partial charge in [-0.3, -0.25) is 0 Å². The molecule has 0 spiro atoms. The van der Waals surface area contributed by atoms with Crippen LogP contribution < -0.4 is 4.74 Å². The third kappa shape index (κ3) is 5.06. The van der Waals surface area contributed by atoms with E-state index in [-0.39, 0.29) is 6.10 Å². The number of methoxy groups -OCH3 is 2. The van der Waals surface area contributed by atoms with E-state index in [1.807, 2.05) is 24.3 Å². The minimum absolute atomic E-state index is 0.0813. The zero-order chi connectivity index (χ0) is 12.5. The van der Waals surface area contributed by atoms with E-state index in [1.165, 1.54) is 0 Å². The number of ether oxygens (including phenoxy) is 3. The molecule has 1 atom stereocenters. The van der Waals surface area contributed by atoms with Gasteiger partial charge in [0.15, 0.2) is 0 Å². The zero-order valence-electron chi connectivity index (χ0n) is 10.3. The molecular formula is C13H19BrO3. The fourth-order valence-corrected chi connectivity index (χ4v) is 2.04. The summed E-state index contributed by atoms with van der Waals surface area (Å²) in [6.45, 7) is 1.44. The Kier molecular flexibility index (Phi) is 7.24. The molecule has 3 nitrogen and oxygen atoms in total. The number of hydrogen-bond acceptors (Lipinski definition) is 3. The van der Waals surface area contributed by atoms with Crippen molar-refractivity contribution < 1.29 is 14.2 Å². The second-order valence-electron chi connectivity index (χ2n) is 3.63. The van der Waals surface area contributed by atoms with Gasteiger partial charge in [-0.25, -0.2) is 0 Å². The van der Waals surface area contributed by atoms with Crippen LogP contribution in [-0.2, 0) is 9.47 Å². The van der Waals surface area contributed by atoms with Crippen molar-refractivity contribution in [3.05, 3.63) is 29.8 Å². The van der Waals surface area contributed by atoms with E-state index in [9.17, 15) is 0 Å². The van der Waals surface area contributed by atoms with E-state index in [2.05, 4.69) is 15.9 Å². The lowest BCUT2D eigenvalue weighted by Crippen LogP contribution is -2.08. The average Bonchev–Trinajstić information content (AvgIpc) is 2.39. The molecule has 4 heteroatoms. The molecule has 96 valence electrons. The van der Waals surface area contributed by atoms with Crippen LogP contribution in [0.2, 0.25) is 0 Å². The van der Waals surface area contributed by atoms with Gasteiger partial charge in [-0.15, -0.1) is 0 Å². The first kappa shape index (κ1) is 14.5. The summed E-state index contributed by atoms with van der Waals surface area (Å²) < 4.78 is 15.9. The fraction of sp³-hybridized carbons (Fsp3) is 0.538. The number of rotatable bonds is 8. The van der Waals surface area contributed by atoms with Gasteiger partial charge >= 0.3 is 0 Å². The smallest absolute Gasteiger partial charge is 0.118 e. The van der Waals surface area contributed by atoms with Crippen LogP contribution in [0, 0.1) is 0 Å². The zero-order valence-corrected chi connectivity index (χ0v) is 11.9. The lowest BCUT2D eigenvalue weighted by Gasteiger charge is -2.16. The summed E-state index contributed by atoms with van der Waals surface area (Å²) in [6, 6.07) is 7.95. The van der Waals surface area contributed by atoms with Crippen LogP contribution in [0.3, 0.4) is 0 Å². The predicted octanol–water partition coefficient (Wildman–Crippen LogP) is 3.18. The number of hydrogen-bond donors (Lipinski definition) is 0. The molecule has 1 aromatic carbocycles. The summed E-state index contributed by atoms with van der Waals surface area (Å²) in [5.74, 6) is 0.862. The highest BCUT2D eigenvalue weighted by Crippen LogP contribution is 2.22. The summed E-state index contributed by atoms with van der Waals surface area (Å²) in [5, 5.41) is 0.784. The van der Waals surface area contributed by atoms with Gasteiger partial charge in [-0.1, -0.05) is 28.1 Å². The minimum Gasteiger partial charge on any atom is -0.497 e. The van der Waals surface area contributed by atoms with Crippen molar-refractivity contribution in [2.45, 2.75) is 12.5 Å². The van der Waals surface area contributed by atoms with Crippen molar-refractivity contribution in [3.63, 3.8) is 0 Å². The van der Waals surface area contributed by atoms with Crippen molar-refractivity contribution in [1.82, 2.24) is 0 Å². The van der Waals surface area contributed by atoms with Crippen molar-refractivity contribution in [3.8, 4) is 5.75 Å². The summed E-state index contributed by atoms with van der Waals surface area (Å²) in [6.07, 6.45) is 0.994. The first-order chi connectivity index (χ1) is 8.31. The largest absolute Gasteiger partial charge is 0.497 e. The quantitative estimate of drug-likeness (QED) is 0.545. The van der Waals surface area contributed by atoms with Gasteiger partial charge < -0.3 is 14.2 Å². The number of alkyl halides is 1. The maximum absolute atomic E-state index is 5.79. The average molecular weight is 303 g/mol. The Morgan fingerprint density at radius 3 is 2.35 bits per heavy atom. The maximum Gasteiger partial charge on any atom is 0.118 e. The summed E-state index contributed by atoms with van der Waals surface area (Å²) >= 11 is 3.47. The van der Waals surface area contributed by atoms with E-state index >= 15 is 0 Å². The van der Waals surface area contributed by atoms with Gasteiger partial charge in [-0.2, -0.15) is 0 Å². The standard InChI is InChI=1S/C13H19BrO3/c1-15-8-3-9-17-13(10-14)11-4-6-12(16-2)7-5-11/h4-7,13H,3,8-10H2,1-2H3. The first-order valence-corrected chi connectivity index (χ1v) is 6.74. The lowest BCUT2D eigenvalue weighted by atomic mass is 10.1. The predicted molar refractivity (Wildman–Crippen MR) is 72.0 cm³/mol. The summed E-state index contributed by atoms with van der Waals surface area (Å²) in [4.78, 5) is 0. The van der Waals surface area contributed by atoms with Gasteiger partial charge in [0.1, 0.15) is 5.75 Å². The van der Waals surface area contributed by atoms with E-state index in [0.717, 1.165) is 29.7 Å². The van der Waals surface area contributed by atoms with Crippen LogP contribution in [0.1, 0.15) is 18.1 Å². The molecule has 0 saturated heterocycles. The molecule has 0 fully saturated rings. The third-order valence-electron chi connectivity index (χ3n) is 2.44. The highest BCUT2D eigenvalue weighted by molar-refractivity contribution is 9.09. The maximum atomic E-state index is 5.79. The van der Waals surface area contributed by atoms with Gasteiger partial charge in [0.05, 0.1) is 13.2 Å². The Balaban J connectivity index is 2.47. The Labute approximate surface area is 111 Å². The normalized spacial score (nSPS) is 12.4. The van der Waals surface area contributed by atoms with Gasteiger partial charge in [0, 0.05) is 25.7 Å². The molecule has 0 heterocycles. The molecule has 0 radical (unpaired) electrons. The van der Waals surface area contributed by atoms with Gasteiger partial charge in [-0.05, 0) is 24.1 Å². The van der Waals surface area contributed by atoms with E-state index < -0.39 is 0 Å². The molecule has 0 amide bonds. The highest BCUT2D eigenvalue weighted by atomic mass is 79.9. The molecule has 0 aromatic heterocycles. The van der Waals surface area contributed by atoms with Crippen LogP contribution in [0.25, 0.3) is 0 Å². The second-order valence-corrected chi connectivity index (χ2v) is 4.28. The molecule has 0 N–H and O–H groups in total. The van der Waals surface area contributed by atoms with E-state index in [1.54, 1.807) is 14.2 Å². The van der Waals surface area contributed by atoms with Crippen LogP contribution >= 0.6 is 15.9 Å². The third-order valence-corrected chi connectivity index (χ3v) is 3.03. The molecular weight excluding hydrogens is 284 g/mol. The summed E-state index contributed by atoms with van der Waals surface area (Å²) in [7, 11) is 3.36. The van der Waals surface area contributed by atoms with Crippen LogP contribution in [0.5, 0.6) is 5.75 Å². The van der Waals surface area contributed by atoms with Crippen molar-refractivity contribution in [1.29, 1.82) is 0 Å². The second kappa shape index (κ2) is 8.50. The van der Waals surface area contributed by atoms with E-state index in [4.69, 9.17) is 14.2 Å². The fourth-order valence-electron chi connectivity index (χ4n) is 1.48. The van der Waals surface area contributed by atoms with Crippen LogP contribution in [0.4, 0.5) is 0 Å². The van der Waals surface area contributed by atoms with Crippen LogP contribution in [0.15, 0.2) is 24.3 Å². The molecule has 0 aliphatic rings. The molecule has 0 bridgehead atoms. The number of benzene rings is 1. The lowest BCUT2D eigenvalue weighted by molar-refractivity contribution is 0.0532. The summed E-state index contributed by atoms with van der Waals surface area (Å²) in [5.41, 5.74) is 1.15. The SMILES string of the molecule is COCCCOC(CBr)c1ccc(OC)cc1. The van der Waals surface area contributed by atoms with Crippen molar-refractivity contribution in [2.75, 3.05) is 32.8 Å². The minimum atomic E-state index is 0.0813. The van der Waals surface area contributed by atoms with Crippen LogP contribution in [-0.4, -0.2) is 32.8 Å². The van der Waals surface area contributed by atoms with E-state index in [0.29, 0.717) is 6.61 Å². The Morgan fingerprint density at radius 1 is 1.12 bits per heavy atom. The molecule has 0 aliphatic heterocycles. The molecule has 1 aromatic rings.